The molecule has 0 unspecified atom stereocenters. The predicted molar refractivity (Wildman–Crippen MR) is 92.5 cm³/mol. The molecule has 0 aliphatic carbocycles. The van der Waals surface area contributed by atoms with Gasteiger partial charge in [-0.15, -0.1) is 0 Å². The summed E-state index contributed by atoms with van der Waals surface area (Å²) in [5.74, 6) is 1.12. The van der Waals surface area contributed by atoms with Gasteiger partial charge in [0.25, 0.3) is 0 Å². The number of amides is 1. The van der Waals surface area contributed by atoms with Crippen molar-refractivity contribution in [2.24, 2.45) is 5.92 Å². The Balaban J connectivity index is 1.60. The molecule has 0 spiro atoms. The summed E-state index contributed by atoms with van der Waals surface area (Å²) in [6.07, 6.45) is 0.851. The third-order valence-corrected chi connectivity index (χ3v) is 4.71. The third kappa shape index (κ3) is 4.08. The number of benzene rings is 1. The Hall–Kier alpha value is -2.02. The Morgan fingerprint density at radius 3 is 2.88 bits per heavy atom. The van der Waals surface area contributed by atoms with Crippen molar-refractivity contribution in [3.8, 4) is 0 Å². The van der Waals surface area contributed by atoms with Crippen LogP contribution in [0.2, 0.25) is 0 Å². The monoisotopic (exact) mass is 348 g/mol. The Morgan fingerprint density at radius 2 is 2.17 bits per heavy atom. The highest BCUT2D eigenvalue weighted by molar-refractivity contribution is 7.09. The Labute approximate surface area is 145 Å². The van der Waals surface area contributed by atoms with Gasteiger partial charge in [-0.05, 0) is 23.6 Å². The standard InChI is InChI=1S/C17H21FN4OS/c1-12(2)8-15-19-17(24-20-15)22-7-6-21(16(23)11-22)10-13-4-3-5-14(18)9-13/h3-5,9,12H,6-8,10-11H2,1-2H3. The zero-order valence-corrected chi connectivity index (χ0v) is 14.7. The van der Waals surface area contributed by atoms with Crippen molar-refractivity contribution in [2.45, 2.75) is 26.8 Å². The lowest BCUT2D eigenvalue weighted by Crippen LogP contribution is -2.50. The summed E-state index contributed by atoms with van der Waals surface area (Å²) in [6.45, 7) is 6.33. The zero-order chi connectivity index (χ0) is 17.1. The van der Waals surface area contributed by atoms with Crippen LogP contribution in [0.3, 0.4) is 0 Å². The number of nitrogens with zero attached hydrogens (tertiary/aromatic N) is 4. The average Bonchev–Trinajstić information content (AvgIpc) is 2.97. The van der Waals surface area contributed by atoms with E-state index in [0.29, 0.717) is 25.6 Å². The molecule has 0 bridgehead atoms. The third-order valence-electron chi connectivity index (χ3n) is 3.90. The van der Waals surface area contributed by atoms with Crippen LogP contribution in [0.1, 0.15) is 25.2 Å². The Morgan fingerprint density at radius 1 is 1.33 bits per heavy atom. The van der Waals surface area contributed by atoms with Gasteiger partial charge >= 0.3 is 0 Å². The zero-order valence-electron chi connectivity index (χ0n) is 13.9. The van der Waals surface area contributed by atoms with Crippen molar-refractivity contribution in [2.75, 3.05) is 24.5 Å². The van der Waals surface area contributed by atoms with E-state index in [4.69, 9.17) is 0 Å². The molecule has 1 aliphatic heterocycles. The maximum atomic E-state index is 13.3. The van der Waals surface area contributed by atoms with Crippen LogP contribution in [0.15, 0.2) is 24.3 Å². The SMILES string of the molecule is CC(C)Cc1nsc(N2CCN(Cc3cccc(F)c3)C(=O)C2)n1. The molecule has 1 aromatic carbocycles. The molecule has 0 radical (unpaired) electrons. The van der Waals surface area contributed by atoms with E-state index in [1.54, 1.807) is 11.0 Å². The molecule has 24 heavy (non-hydrogen) atoms. The number of halogens is 1. The lowest BCUT2D eigenvalue weighted by atomic mass is 10.1. The number of hydrogen-bond donors (Lipinski definition) is 0. The first-order chi connectivity index (χ1) is 11.5. The van der Waals surface area contributed by atoms with E-state index in [0.717, 1.165) is 29.5 Å². The van der Waals surface area contributed by atoms with E-state index < -0.39 is 0 Å². The highest BCUT2D eigenvalue weighted by atomic mass is 32.1. The summed E-state index contributed by atoms with van der Waals surface area (Å²) in [6, 6.07) is 6.39. The fourth-order valence-corrected chi connectivity index (χ4v) is 3.44. The summed E-state index contributed by atoms with van der Waals surface area (Å²) >= 11 is 1.35. The molecule has 1 saturated heterocycles. The van der Waals surface area contributed by atoms with Crippen LogP contribution in [0.25, 0.3) is 0 Å². The molecule has 2 heterocycles. The van der Waals surface area contributed by atoms with Gasteiger partial charge in [-0.2, -0.15) is 4.37 Å². The number of piperazine rings is 1. The lowest BCUT2D eigenvalue weighted by molar-refractivity contribution is -0.131. The molecular weight excluding hydrogens is 327 g/mol. The predicted octanol–water partition coefficient (Wildman–Crippen LogP) is 2.72. The fraction of sp³-hybridized carbons (Fsp3) is 0.471. The topological polar surface area (TPSA) is 49.3 Å². The van der Waals surface area contributed by atoms with Crippen molar-refractivity contribution < 1.29 is 9.18 Å². The van der Waals surface area contributed by atoms with Gasteiger partial charge in [0.15, 0.2) is 0 Å². The molecule has 128 valence electrons. The van der Waals surface area contributed by atoms with Crippen LogP contribution in [0.4, 0.5) is 9.52 Å². The second kappa shape index (κ2) is 7.25. The van der Waals surface area contributed by atoms with E-state index in [9.17, 15) is 9.18 Å². The highest BCUT2D eigenvalue weighted by Gasteiger charge is 2.26. The molecule has 0 saturated carbocycles. The van der Waals surface area contributed by atoms with E-state index in [2.05, 4.69) is 23.2 Å². The van der Waals surface area contributed by atoms with Crippen LogP contribution in [0.5, 0.6) is 0 Å². The van der Waals surface area contributed by atoms with Gasteiger partial charge in [-0.3, -0.25) is 4.79 Å². The average molecular weight is 348 g/mol. The molecule has 1 amide bonds. The van der Waals surface area contributed by atoms with Crippen LogP contribution >= 0.6 is 11.5 Å². The smallest absolute Gasteiger partial charge is 0.242 e. The van der Waals surface area contributed by atoms with E-state index >= 15 is 0 Å². The van der Waals surface area contributed by atoms with Crippen LogP contribution in [-0.4, -0.2) is 39.8 Å². The summed E-state index contributed by atoms with van der Waals surface area (Å²) in [4.78, 5) is 20.7. The van der Waals surface area contributed by atoms with Gasteiger partial charge in [0.2, 0.25) is 11.0 Å². The minimum atomic E-state index is -0.273. The molecule has 1 aliphatic rings. The molecule has 2 aromatic rings. The van der Waals surface area contributed by atoms with Gasteiger partial charge in [-0.25, -0.2) is 9.37 Å². The Bertz CT molecular complexity index is 718. The number of hydrogen-bond acceptors (Lipinski definition) is 5. The van der Waals surface area contributed by atoms with Gasteiger partial charge < -0.3 is 9.80 Å². The maximum absolute atomic E-state index is 13.3. The van der Waals surface area contributed by atoms with Gasteiger partial charge in [0, 0.05) is 37.6 Å². The van der Waals surface area contributed by atoms with Gasteiger partial charge in [0.1, 0.15) is 11.6 Å². The van der Waals surface area contributed by atoms with Crippen molar-refractivity contribution in [3.63, 3.8) is 0 Å². The normalized spacial score (nSPS) is 15.4. The highest BCUT2D eigenvalue weighted by Crippen LogP contribution is 2.21. The first kappa shape index (κ1) is 16.8. The van der Waals surface area contributed by atoms with Crippen LogP contribution in [0, 0.1) is 11.7 Å². The van der Waals surface area contributed by atoms with Crippen LogP contribution in [-0.2, 0) is 17.8 Å². The summed E-state index contributed by atoms with van der Waals surface area (Å²) in [5.41, 5.74) is 0.812. The first-order valence-corrected chi connectivity index (χ1v) is 8.88. The van der Waals surface area contributed by atoms with E-state index in [1.165, 1.54) is 23.7 Å². The Kier molecular flexibility index (Phi) is 5.08. The van der Waals surface area contributed by atoms with Gasteiger partial charge in [0.05, 0.1) is 6.54 Å². The number of carbonyl (C=O) groups excluding carboxylic acids is 1. The molecular formula is C17H21FN4OS. The number of anilines is 1. The largest absolute Gasteiger partial charge is 0.336 e. The van der Waals surface area contributed by atoms with Gasteiger partial charge in [-0.1, -0.05) is 26.0 Å². The second-order valence-corrected chi connectivity index (χ2v) is 7.19. The fourth-order valence-electron chi connectivity index (χ4n) is 2.72. The van der Waals surface area contributed by atoms with Crippen LogP contribution < -0.4 is 4.90 Å². The molecule has 3 rings (SSSR count). The molecule has 5 nitrogen and oxygen atoms in total. The van der Waals surface area contributed by atoms with E-state index in [-0.39, 0.29) is 11.7 Å². The van der Waals surface area contributed by atoms with Crippen molar-refractivity contribution in [1.82, 2.24) is 14.3 Å². The van der Waals surface area contributed by atoms with E-state index in [1.807, 2.05) is 11.0 Å². The second-order valence-electron chi connectivity index (χ2n) is 6.46. The molecule has 1 aromatic heterocycles. The van der Waals surface area contributed by atoms with Crippen molar-refractivity contribution in [1.29, 1.82) is 0 Å². The molecule has 0 N–H and O–H groups in total. The first-order valence-electron chi connectivity index (χ1n) is 8.11. The molecule has 1 fully saturated rings. The number of aromatic nitrogens is 2. The quantitative estimate of drug-likeness (QED) is 0.834. The maximum Gasteiger partial charge on any atom is 0.242 e. The minimum absolute atomic E-state index is 0.0334. The van der Waals surface area contributed by atoms with Crippen molar-refractivity contribution >= 4 is 22.6 Å². The number of rotatable bonds is 5. The summed E-state index contributed by atoms with van der Waals surface area (Å²) in [7, 11) is 0. The lowest BCUT2D eigenvalue weighted by Gasteiger charge is -2.34. The summed E-state index contributed by atoms with van der Waals surface area (Å²) in [5, 5.41) is 0.810. The molecule has 7 heteroatoms. The number of carbonyl (C=O) groups is 1. The molecule has 0 atom stereocenters. The minimum Gasteiger partial charge on any atom is -0.336 e. The summed E-state index contributed by atoms with van der Waals surface area (Å²) < 4.78 is 17.6. The van der Waals surface area contributed by atoms with Crippen molar-refractivity contribution in [3.05, 3.63) is 41.5 Å².